The summed E-state index contributed by atoms with van der Waals surface area (Å²) in [6, 6.07) is 90.9. The quantitative estimate of drug-likeness (QED) is 0.0937. The molecule has 0 aromatic heterocycles. The molecule has 1 saturated heterocycles. The molecule has 0 amide bonds. The number of benzene rings is 8. The summed E-state index contributed by atoms with van der Waals surface area (Å²) in [6.07, 6.45) is 0. The molecular weight excluding hydrogens is 901 g/mol. The highest BCUT2D eigenvalue weighted by Crippen LogP contribution is 2.47. The predicted molar refractivity (Wildman–Crippen MR) is 293 cm³/mol. The molecule has 8 aromatic carbocycles. The van der Waals surface area contributed by atoms with Gasteiger partial charge in [-0.3, -0.25) is 0 Å². The maximum Gasteiger partial charge on any atom is 0.318 e. The summed E-state index contributed by atoms with van der Waals surface area (Å²) >= 11 is 0. The second kappa shape index (κ2) is 18.6. The van der Waals surface area contributed by atoms with E-state index in [0.717, 1.165) is 0 Å². The summed E-state index contributed by atoms with van der Waals surface area (Å²) in [5.41, 5.74) is 4.27. The van der Waals surface area contributed by atoms with Gasteiger partial charge in [-0.2, -0.15) is 0 Å². The van der Waals surface area contributed by atoms with Gasteiger partial charge in [0, 0.05) is 0 Å². The van der Waals surface area contributed by atoms with E-state index in [1.807, 2.05) is 0 Å². The molecule has 0 unspecified atom stereocenters. The molecule has 10 heteroatoms. The van der Waals surface area contributed by atoms with Gasteiger partial charge >= 0.3 is 17.0 Å². The van der Waals surface area contributed by atoms with Crippen LogP contribution in [0.25, 0.3) is 0 Å². The standard InChI is InChI=1S/C56H58N2O2Si6/c1-7-61(3,4)59-65(53-41-25-13-26-42-53,54-43-27-14-28-44-54)57-63(49-33-17-9-18-34-49,50-35-19-10-20-36-50)58(64(57,51-37-21-11-22-38-51)52-39-23-12-24-40-52)66(60-62(5,6)8-2,55-45-29-15-30-46-55)56-47-31-16-32-48-56/h7-48H,1-2H2,3-6H3. The minimum atomic E-state index is -3.75. The van der Waals surface area contributed by atoms with E-state index in [9.17, 15) is 0 Å². The van der Waals surface area contributed by atoms with Gasteiger partial charge in [0.15, 0.2) is 16.6 Å². The molecule has 66 heavy (non-hydrogen) atoms. The van der Waals surface area contributed by atoms with Gasteiger partial charge in [0.05, 0.1) is 0 Å². The first-order valence-electron chi connectivity index (χ1n) is 22.8. The molecule has 0 spiro atoms. The highest BCUT2D eigenvalue weighted by molar-refractivity contribution is 7.39. The molecule has 8 aromatic rings. The average molecular weight is 960 g/mol. The van der Waals surface area contributed by atoms with Gasteiger partial charge in [0.2, 0.25) is 0 Å². The van der Waals surface area contributed by atoms with Crippen LogP contribution in [0.3, 0.4) is 0 Å². The molecule has 1 heterocycles. The van der Waals surface area contributed by atoms with Crippen molar-refractivity contribution in [3.8, 4) is 0 Å². The van der Waals surface area contributed by atoms with Gasteiger partial charge in [-0.25, -0.2) is 0 Å². The van der Waals surface area contributed by atoms with Gasteiger partial charge in [0.25, 0.3) is 16.8 Å². The lowest BCUT2D eigenvalue weighted by atomic mass is 10.4. The predicted octanol–water partition coefficient (Wildman–Crippen LogP) is 7.52. The van der Waals surface area contributed by atoms with E-state index in [-0.39, 0.29) is 0 Å². The van der Waals surface area contributed by atoms with E-state index in [1.54, 1.807) is 0 Å². The number of rotatable bonds is 16. The van der Waals surface area contributed by atoms with Crippen LogP contribution in [-0.4, -0.2) is 58.2 Å². The van der Waals surface area contributed by atoms with E-state index in [0.29, 0.717) is 0 Å². The van der Waals surface area contributed by atoms with Gasteiger partial charge in [-0.15, -0.1) is 13.2 Å². The van der Waals surface area contributed by atoms with Crippen LogP contribution in [0, 0.1) is 0 Å². The third-order valence-electron chi connectivity index (χ3n) is 13.1. The maximum atomic E-state index is 8.54. The lowest BCUT2D eigenvalue weighted by Gasteiger charge is -2.78. The molecule has 0 saturated carbocycles. The van der Waals surface area contributed by atoms with Gasteiger partial charge in [-0.1, -0.05) is 254 Å². The highest BCUT2D eigenvalue weighted by atomic mass is 28.6. The second-order valence-corrected chi connectivity index (χ2v) is 42.2. The van der Waals surface area contributed by atoms with Crippen molar-refractivity contribution in [1.29, 1.82) is 0 Å². The first-order valence-corrected chi connectivity index (χ1v) is 36.3. The summed E-state index contributed by atoms with van der Waals surface area (Å²) in [7, 11) is -20.3. The Morgan fingerprint density at radius 1 is 0.318 bits per heavy atom. The highest BCUT2D eigenvalue weighted by Gasteiger charge is 2.84. The van der Waals surface area contributed by atoms with E-state index in [4.69, 9.17) is 8.23 Å². The Labute approximate surface area is 398 Å². The lowest BCUT2D eigenvalue weighted by molar-refractivity contribution is 0.467. The van der Waals surface area contributed by atoms with E-state index < -0.39 is 50.4 Å². The molecule has 1 fully saturated rings. The average Bonchev–Trinajstić information content (AvgIpc) is 3.38. The second-order valence-electron chi connectivity index (χ2n) is 18.1. The Hall–Kier alpha value is -5.62. The molecule has 0 aliphatic carbocycles. The summed E-state index contributed by atoms with van der Waals surface area (Å²) in [4.78, 5) is 0. The van der Waals surface area contributed by atoms with Crippen LogP contribution in [0.1, 0.15) is 0 Å². The maximum absolute atomic E-state index is 8.54. The zero-order valence-corrected chi connectivity index (χ0v) is 44.4. The first-order chi connectivity index (χ1) is 32.1. The fourth-order valence-corrected chi connectivity index (χ4v) is 55.2. The molecule has 0 N–H and O–H groups in total. The van der Waals surface area contributed by atoms with Crippen molar-refractivity contribution < 1.29 is 8.23 Å². The molecular formula is C56H58N2O2Si6. The Kier molecular flexibility index (Phi) is 12.8. The normalized spacial score (nSPS) is 15.3. The summed E-state index contributed by atoms with van der Waals surface area (Å²) in [6.45, 7) is 18.3. The van der Waals surface area contributed by atoms with Crippen molar-refractivity contribution in [2.75, 3.05) is 0 Å². The van der Waals surface area contributed by atoms with Crippen LogP contribution in [0.4, 0.5) is 0 Å². The zero-order valence-electron chi connectivity index (χ0n) is 38.4. The number of nitrogens with zero attached hydrogens (tertiary/aromatic N) is 2. The van der Waals surface area contributed by atoms with Crippen LogP contribution in [0.2, 0.25) is 26.2 Å². The Balaban J connectivity index is 1.65. The zero-order chi connectivity index (χ0) is 45.9. The van der Waals surface area contributed by atoms with E-state index in [1.165, 1.54) is 41.5 Å². The number of hydrogen-bond donors (Lipinski definition) is 0. The lowest BCUT2D eigenvalue weighted by Crippen LogP contribution is -3.15. The van der Waals surface area contributed by atoms with Crippen LogP contribution in [0.5, 0.6) is 0 Å². The molecule has 0 atom stereocenters. The molecule has 9 rings (SSSR count). The van der Waals surface area contributed by atoms with Gasteiger partial charge in [0.1, 0.15) is 0 Å². The summed E-state index contributed by atoms with van der Waals surface area (Å²) in [5, 5.41) is 9.95. The smallest absolute Gasteiger partial charge is 0.318 e. The molecule has 0 radical (unpaired) electrons. The molecule has 1 aliphatic rings. The van der Waals surface area contributed by atoms with Crippen LogP contribution >= 0.6 is 0 Å². The van der Waals surface area contributed by atoms with Crippen molar-refractivity contribution in [3.63, 3.8) is 0 Å². The van der Waals surface area contributed by atoms with Crippen molar-refractivity contribution in [1.82, 2.24) is 7.79 Å². The van der Waals surface area contributed by atoms with Crippen molar-refractivity contribution >= 4 is 91.9 Å². The van der Waals surface area contributed by atoms with Crippen LogP contribution in [-0.2, 0) is 8.23 Å². The summed E-state index contributed by atoms with van der Waals surface area (Å²) < 4.78 is 23.4. The fourth-order valence-electron chi connectivity index (χ4n) is 10.3. The third-order valence-corrected chi connectivity index (χ3v) is 46.0. The topological polar surface area (TPSA) is 24.9 Å². The van der Waals surface area contributed by atoms with Crippen molar-refractivity contribution in [2.45, 2.75) is 26.2 Å². The Bertz CT molecular complexity index is 2490. The molecule has 328 valence electrons. The fraction of sp³-hybridized carbons (Fsp3) is 0.0714. The molecule has 4 nitrogen and oxygen atoms in total. The van der Waals surface area contributed by atoms with E-state index >= 15 is 0 Å². The first kappa shape index (κ1) is 45.5. The van der Waals surface area contributed by atoms with E-state index in [2.05, 4.69) is 301 Å². The van der Waals surface area contributed by atoms with Crippen molar-refractivity contribution in [3.05, 3.63) is 267 Å². The van der Waals surface area contributed by atoms with Gasteiger partial charge < -0.3 is 16.0 Å². The van der Waals surface area contributed by atoms with Crippen LogP contribution < -0.4 is 41.5 Å². The number of hydrogen-bond acceptors (Lipinski definition) is 4. The monoisotopic (exact) mass is 958 g/mol. The minimum absolute atomic E-state index is 1.21. The largest absolute Gasteiger partial charge is 0.435 e. The Morgan fingerprint density at radius 2 is 0.500 bits per heavy atom. The SMILES string of the molecule is C=C[Si](C)(C)O[Si](c1ccccc1)(c1ccccc1)N1[Si](c2ccccc2)(c2ccccc2)N([Si](O[Si](C)(C)C=C)(c2ccccc2)c2ccccc2)[Si]1(c1ccccc1)c1ccccc1. The Morgan fingerprint density at radius 3 is 0.682 bits per heavy atom. The van der Waals surface area contributed by atoms with Gasteiger partial charge in [-0.05, 0) is 67.7 Å². The molecule has 0 bridgehead atoms. The van der Waals surface area contributed by atoms with Crippen molar-refractivity contribution in [2.24, 2.45) is 0 Å². The third kappa shape index (κ3) is 7.47. The van der Waals surface area contributed by atoms with Crippen LogP contribution in [0.15, 0.2) is 267 Å². The molecule has 1 aliphatic heterocycles. The minimum Gasteiger partial charge on any atom is -0.435 e. The summed E-state index contributed by atoms with van der Waals surface area (Å²) in [5.74, 6) is 0.